The predicted molar refractivity (Wildman–Crippen MR) is 77.1 cm³/mol. The van der Waals surface area contributed by atoms with E-state index in [1.807, 2.05) is 6.92 Å². The number of piperazine rings is 1. The lowest BCUT2D eigenvalue weighted by Gasteiger charge is -2.39. The zero-order valence-electron chi connectivity index (χ0n) is 12.6. The molecular formula is C14H29N3O2. The van der Waals surface area contributed by atoms with E-state index in [0.29, 0.717) is 6.54 Å². The lowest BCUT2D eigenvalue weighted by Crippen LogP contribution is -2.54. The van der Waals surface area contributed by atoms with Crippen molar-refractivity contribution >= 4 is 5.91 Å². The Balaban J connectivity index is 2.27. The number of hydrogen-bond donors (Lipinski definition) is 2. The summed E-state index contributed by atoms with van der Waals surface area (Å²) in [5, 5.41) is 12.8. The second-order valence-corrected chi connectivity index (χ2v) is 5.38. The van der Waals surface area contributed by atoms with Gasteiger partial charge in [-0.1, -0.05) is 13.8 Å². The monoisotopic (exact) mass is 271 g/mol. The summed E-state index contributed by atoms with van der Waals surface area (Å²) in [4.78, 5) is 16.1. The normalized spacial score (nSPS) is 21.1. The first-order valence-electron chi connectivity index (χ1n) is 7.49. The van der Waals surface area contributed by atoms with E-state index in [9.17, 15) is 9.90 Å². The summed E-state index contributed by atoms with van der Waals surface area (Å²) in [6.07, 6.45) is 1.52. The van der Waals surface area contributed by atoms with Crippen molar-refractivity contribution in [3.8, 4) is 0 Å². The Kier molecular flexibility index (Phi) is 7.34. The van der Waals surface area contributed by atoms with Crippen molar-refractivity contribution in [3.05, 3.63) is 0 Å². The summed E-state index contributed by atoms with van der Waals surface area (Å²) in [6.45, 7) is 11.1. The van der Waals surface area contributed by atoms with Gasteiger partial charge in [-0.05, 0) is 19.8 Å². The van der Waals surface area contributed by atoms with Crippen molar-refractivity contribution < 1.29 is 9.90 Å². The standard InChI is InChI=1S/C14H29N3O2/c1-4-6-15-14(19)11-16-7-9-17(10-8-16)12(3)13(18)5-2/h12-13,18H,4-11H2,1-3H3,(H,15,19). The lowest BCUT2D eigenvalue weighted by molar-refractivity contribution is -0.122. The van der Waals surface area contributed by atoms with Crippen LogP contribution in [-0.2, 0) is 4.79 Å². The highest BCUT2D eigenvalue weighted by molar-refractivity contribution is 5.77. The van der Waals surface area contributed by atoms with Crippen molar-refractivity contribution in [2.24, 2.45) is 0 Å². The lowest BCUT2D eigenvalue weighted by atomic mass is 10.1. The number of amides is 1. The third kappa shape index (κ3) is 5.47. The van der Waals surface area contributed by atoms with E-state index in [-0.39, 0.29) is 18.1 Å². The Morgan fingerprint density at radius 1 is 1.26 bits per heavy atom. The smallest absolute Gasteiger partial charge is 0.234 e. The number of carbonyl (C=O) groups excluding carboxylic acids is 1. The zero-order chi connectivity index (χ0) is 14.3. The van der Waals surface area contributed by atoms with Crippen LogP contribution in [0.15, 0.2) is 0 Å². The Labute approximate surface area is 117 Å². The molecule has 0 bridgehead atoms. The van der Waals surface area contributed by atoms with Gasteiger partial charge in [0.05, 0.1) is 12.6 Å². The molecule has 2 unspecified atom stereocenters. The third-order valence-electron chi connectivity index (χ3n) is 3.90. The number of hydrogen-bond acceptors (Lipinski definition) is 4. The summed E-state index contributed by atoms with van der Waals surface area (Å²) in [5.74, 6) is 0.122. The van der Waals surface area contributed by atoms with E-state index in [2.05, 4.69) is 29.0 Å². The fourth-order valence-electron chi connectivity index (χ4n) is 2.44. The second-order valence-electron chi connectivity index (χ2n) is 5.38. The molecule has 112 valence electrons. The van der Waals surface area contributed by atoms with Gasteiger partial charge in [0.15, 0.2) is 0 Å². The minimum absolute atomic E-state index is 0.122. The fraction of sp³-hybridized carbons (Fsp3) is 0.929. The number of rotatable bonds is 7. The van der Waals surface area contributed by atoms with Crippen LogP contribution in [0.2, 0.25) is 0 Å². The summed E-state index contributed by atoms with van der Waals surface area (Å²) in [5.41, 5.74) is 0. The first-order valence-corrected chi connectivity index (χ1v) is 7.49. The van der Waals surface area contributed by atoms with Gasteiger partial charge >= 0.3 is 0 Å². The van der Waals surface area contributed by atoms with Gasteiger partial charge in [0.1, 0.15) is 0 Å². The molecule has 0 aromatic heterocycles. The minimum Gasteiger partial charge on any atom is -0.392 e. The molecule has 1 saturated heterocycles. The van der Waals surface area contributed by atoms with E-state index in [1.54, 1.807) is 0 Å². The van der Waals surface area contributed by atoms with E-state index < -0.39 is 0 Å². The van der Waals surface area contributed by atoms with Crippen LogP contribution >= 0.6 is 0 Å². The highest BCUT2D eigenvalue weighted by Gasteiger charge is 2.25. The molecule has 1 amide bonds. The zero-order valence-corrected chi connectivity index (χ0v) is 12.6. The molecule has 5 heteroatoms. The summed E-state index contributed by atoms with van der Waals surface area (Å²) >= 11 is 0. The Bertz CT molecular complexity index is 265. The molecule has 0 aromatic rings. The van der Waals surface area contributed by atoms with Gasteiger partial charge in [0.2, 0.25) is 5.91 Å². The first-order chi connectivity index (χ1) is 9.08. The molecular weight excluding hydrogens is 242 g/mol. The van der Waals surface area contributed by atoms with E-state index in [0.717, 1.165) is 45.6 Å². The van der Waals surface area contributed by atoms with Gasteiger partial charge < -0.3 is 10.4 Å². The highest BCUT2D eigenvalue weighted by atomic mass is 16.3. The van der Waals surface area contributed by atoms with Gasteiger partial charge in [0.25, 0.3) is 0 Å². The maximum Gasteiger partial charge on any atom is 0.234 e. The molecule has 0 aromatic carbocycles. The Morgan fingerprint density at radius 2 is 1.89 bits per heavy atom. The van der Waals surface area contributed by atoms with Gasteiger partial charge in [0, 0.05) is 38.8 Å². The highest BCUT2D eigenvalue weighted by Crippen LogP contribution is 2.11. The Morgan fingerprint density at radius 3 is 2.42 bits per heavy atom. The number of aliphatic hydroxyl groups is 1. The molecule has 1 rings (SSSR count). The van der Waals surface area contributed by atoms with Gasteiger partial charge in [-0.15, -0.1) is 0 Å². The molecule has 1 aliphatic heterocycles. The number of carbonyl (C=O) groups is 1. The second kappa shape index (κ2) is 8.51. The number of aliphatic hydroxyl groups excluding tert-OH is 1. The van der Waals surface area contributed by atoms with Crippen LogP contribution in [0.25, 0.3) is 0 Å². The first kappa shape index (κ1) is 16.4. The SMILES string of the molecule is CCCNC(=O)CN1CCN(C(C)C(O)CC)CC1. The van der Waals surface area contributed by atoms with Crippen molar-refractivity contribution in [2.75, 3.05) is 39.3 Å². The molecule has 2 atom stereocenters. The van der Waals surface area contributed by atoms with Crippen LogP contribution in [0.4, 0.5) is 0 Å². The molecule has 0 spiro atoms. The summed E-state index contributed by atoms with van der Waals surface area (Å²) < 4.78 is 0. The average molecular weight is 271 g/mol. The molecule has 2 N–H and O–H groups in total. The van der Waals surface area contributed by atoms with Gasteiger partial charge in [-0.25, -0.2) is 0 Å². The van der Waals surface area contributed by atoms with Crippen LogP contribution in [0.1, 0.15) is 33.6 Å². The molecule has 0 radical (unpaired) electrons. The minimum atomic E-state index is -0.251. The summed E-state index contributed by atoms with van der Waals surface area (Å²) in [6, 6.07) is 0.209. The van der Waals surface area contributed by atoms with E-state index in [1.165, 1.54) is 0 Å². The van der Waals surface area contributed by atoms with Crippen molar-refractivity contribution in [2.45, 2.75) is 45.8 Å². The van der Waals surface area contributed by atoms with Crippen LogP contribution in [0.3, 0.4) is 0 Å². The molecule has 0 saturated carbocycles. The van der Waals surface area contributed by atoms with Crippen molar-refractivity contribution in [1.82, 2.24) is 15.1 Å². The van der Waals surface area contributed by atoms with E-state index >= 15 is 0 Å². The predicted octanol–water partition coefficient (Wildman–Crippen LogP) is 0.290. The number of nitrogens with zero attached hydrogens (tertiary/aromatic N) is 2. The molecule has 0 aliphatic carbocycles. The maximum atomic E-state index is 11.6. The van der Waals surface area contributed by atoms with Crippen LogP contribution in [-0.4, -0.2) is 72.2 Å². The average Bonchev–Trinajstić information content (AvgIpc) is 2.44. The van der Waals surface area contributed by atoms with E-state index in [4.69, 9.17) is 0 Å². The molecule has 1 fully saturated rings. The number of nitrogens with one attached hydrogen (secondary N) is 1. The molecule has 5 nitrogen and oxygen atoms in total. The largest absolute Gasteiger partial charge is 0.392 e. The van der Waals surface area contributed by atoms with Crippen molar-refractivity contribution in [3.63, 3.8) is 0 Å². The van der Waals surface area contributed by atoms with Crippen molar-refractivity contribution in [1.29, 1.82) is 0 Å². The maximum absolute atomic E-state index is 11.6. The molecule has 1 heterocycles. The quantitative estimate of drug-likeness (QED) is 0.699. The Hall–Kier alpha value is -0.650. The van der Waals surface area contributed by atoms with Crippen LogP contribution in [0.5, 0.6) is 0 Å². The topological polar surface area (TPSA) is 55.8 Å². The molecule has 1 aliphatic rings. The van der Waals surface area contributed by atoms with Gasteiger partial charge in [-0.3, -0.25) is 14.6 Å². The molecule has 19 heavy (non-hydrogen) atoms. The third-order valence-corrected chi connectivity index (χ3v) is 3.90. The summed E-state index contributed by atoms with van der Waals surface area (Å²) in [7, 11) is 0. The van der Waals surface area contributed by atoms with Gasteiger partial charge in [-0.2, -0.15) is 0 Å². The van der Waals surface area contributed by atoms with Crippen LogP contribution in [0, 0.1) is 0 Å². The fourth-order valence-corrected chi connectivity index (χ4v) is 2.44. The van der Waals surface area contributed by atoms with Crippen LogP contribution < -0.4 is 5.32 Å².